The lowest BCUT2D eigenvalue weighted by molar-refractivity contribution is -0.140. The highest BCUT2D eigenvalue weighted by atomic mass is 35.5. The normalized spacial score (nSPS) is 11.9. The molecule has 0 radical (unpaired) electrons. The van der Waals surface area contributed by atoms with E-state index in [2.05, 4.69) is 5.32 Å². The van der Waals surface area contributed by atoms with Crippen LogP contribution >= 0.6 is 11.6 Å². The first-order chi connectivity index (χ1) is 21.6. The van der Waals surface area contributed by atoms with Gasteiger partial charge in [-0.25, -0.2) is 12.8 Å². The number of aryl methyl sites for hydroxylation is 1. The number of nitrogens with one attached hydrogen (secondary N) is 1. The van der Waals surface area contributed by atoms with E-state index in [9.17, 15) is 22.4 Å². The zero-order valence-electron chi connectivity index (χ0n) is 25.3. The van der Waals surface area contributed by atoms with Crippen LogP contribution in [0.5, 0.6) is 0 Å². The predicted molar refractivity (Wildman–Crippen MR) is 176 cm³/mol. The molecule has 4 rings (SSSR count). The van der Waals surface area contributed by atoms with Crippen LogP contribution in [0.3, 0.4) is 0 Å². The van der Waals surface area contributed by atoms with Gasteiger partial charge in [0.15, 0.2) is 0 Å². The summed E-state index contributed by atoms with van der Waals surface area (Å²) < 4.78 is 42.7. The summed E-state index contributed by atoms with van der Waals surface area (Å²) in [7, 11) is -4.32. The molecule has 4 aromatic rings. The Morgan fingerprint density at radius 2 is 1.53 bits per heavy atom. The number of halogens is 2. The Labute approximate surface area is 269 Å². The summed E-state index contributed by atoms with van der Waals surface area (Å²) in [6.45, 7) is 3.67. The van der Waals surface area contributed by atoms with Gasteiger partial charge in [0.25, 0.3) is 10.0 Å². The molecule has 0 aliphatic heterocycles. The third-order valence-electron chi connectivity index (χ3n) is 7.40. The molecule has 1 atom stereocenters. The molecule has 0 bridgehead atoms. The van der Waals surface area contributed by atoms with Gasteiger partial charge in [-0.1, -0.05) is 91.2 Å². The summed E-state index contributed by atoms with van der Waals surface area (Å²) in [5.74, 6) is -1.54. The lowest BCUT2D eigenvalue weighted by Gasteiger charge is -2.34. The Hall–Kier alpha value is -4.21. The summed E-state index contributed by atoms with van der Waals surface area (Å²) in [5, 5.41) is 3.37. The molecule has 0 unspecified atom stereocenters. The van der Waals surface area contributed by atoms with E-state index in [1.54, 1.807) is 48.5 Å². The van der Waals surface area contributed by atoms with Gasteiger partial charge in [0.05, 0.1) is 10.6 Å². The Kier molecular flexibility index (Phi) is 11.7. The highest BCUT2D eigenvalue weighted by Gasteiger charge is 2.34. The lowest BCUT2D eigenvalue weighted by atomic mass is 10.0. The molecule has 10 heteroatoms. The van der Waals surface area contributed by atoms with E-state index >= 15 is 0 Å². The first kappa shape index (κ1) is 33.7. The molecule has 0 saturated heterocycles. The highest BCUT2D eigenvalue weighted by molar-refractivity contribution is 7.92. The van der Waals surface area contributed by atoms with Gasteiger partial charge in [0.2, 0.25) is 11.8 Å². The third-order valence-corrected chi connectivity index (χ3v) is 9.56. The Bertz CT molecular complexity index is 1680. The van der Waals surface area contributed by atoms with Crippen LogP contribution in [0.4, 0.5) is 10.1 Å². The van der Waals surface area contributed by atoms with Crippen molar-refractivity contribution in [2.75, 3.05) is 17.4 Å². The molecular formula is C35H37ClFN3O4S. The molecule has 0 aromatic heterocycles. The molecule has 0 heterocycles. The Morgan fingerprint density at radius 1 is 0.889 bits per heavy atom. The van der Waals surface area contributed by atoms with Gasteiger partial charge < -0.3 is 10.2 Å². The Morgan fingerprint density at radius 3 is 2.18 bits per heavy atom. The van der Waals surface area contributed by atoms with E-state index in [0.29, 0.717) is 17.1 Å². The van der Waals surface area contributed by atoms with E-state index in [1.807, 2.05) is 44.2 Å². The number of carbonyl (C=O) groups is 2. The van der Waals surface area contributed by atoms with E-state index in [4.69, 9.17) is 11.6 Å². The van der Waals surface area contributed by atoms with Crippen LogP contribution in [0.1, 0.15) is 36.5 Å². The van der Waals surface area contributed by atoms with Crippen molar-refractivity contribution >= 4 is 39.1 Å². The molecule has 236 valence electrons. The van der Waals surface area contributed by atoms with Crippen LogP contribution in [0.2, 0.25) is 5.02 Å². The minimum atomic E-state index is -4.32. The maximum atomic E-state index is 14.4. The van der Waals surface area contributed by atoms with Crippen molar-refractivity contribution in [3.05, 3.63) is 131 Å². The maximum absolute atomic E-state index is 14.4. The molecule has 4 aromatic carbocycles. The topological polar surface area (TPSA) is 86.8 Å². The van der Waals surface area contributed by atoms with Gasteiger partial charge in [-0.05, 0) is 66.9 Å². The van der Waals surface area contributed by atoms with Gasteiger partial charge in [0.1, 0.15) is 18.4 Å². The van der Waals surface area contributed by atoms with Crippen LogP contribution in [0.15, 0.2) is 108 Å². The predicted octanol–water partition coefficient (Wildman–Crippen LogP) is 6.54. The van der Waals surface area contributed by atoms with E-state index in [1.165, 1.54) is 4.90 Å². The van der Waals surface area contributed by atoms with Gasteiger partial charge >= 0.3 is 0 Å². The zero-order valence-corrected chi connectivity index (χ0v) is 26.9. The molecule has 0 saturated carbocycles. The molecule has 7 nitrogen and oxygen atoms in total. The molecule has 0 spiro atoms. The van der Waals surface area contributed by atoms with Crippen LogP contribution in [0, 0.1) is 12.7 Å². The first-order valence-corrected chi connectivity index (χ1v) is 16.6. The van der Waals surface area contributed by atoms with Gasteiger partial charge in [-0.15, -0.1) is 0 Å². The average Bonchev–Trinajstić information content (AvgIpc) is 3.03. The highest BCUT2D eigenvalue weighted by Crippen LogP contribution is 2.26. The monoisotopic (exact) mass is 649 g/mol. The second kappa shape index (κ2) is 15.7. The number of amides is 2. The fourth-order valence-electron chi connectivity index (χ4n) is 4.84. The Balaban J connectivity index is 1.79. The molecule has 45 heavy (non-hydrogen) atoms. The molecule has 1 N–H and O–H groups in total. The quantitative estimate of drug-likeness (QED) is 0.157. The van der Waals surface area contributed by atoms with Gasteiger partial charge in [-0.2, -0.15) is 0 Å². The van der Waals surface area contributed by atoms with Crippen LogP contribution in [-0.4, -0.2) is 44.3 Å². The molecule has 0 fully saturated rings. The number of rotatable bonds is 14. The second-order valence-corrected chi connectivity index (χ2v) is 13.0. The summed E-state index contributed by atoms with van der Waals surface area (Å²) in [6.07, 6.45) is 1.84. The number of hydrogen-bond donors (Lipinski definition) is 1. The van der Waals surface area contributed by atoms with Gasteiger partial charge in [-0.3, -0.25) is 13.9 Å². The van der Waals surface area contributed by atoms with Crippen LogP contribution in [0.25, 0.3) is 0 Å². The van der Waals surface area contributed by atoms with Crippen molar-refractivity contribution in [1.29, 1.82) is 0 Å². The number of nitrogens with zero attached hydrogens (tertiary/aromatic N) is 2. The number of anilines is 1. The number of benzene rings is 4. The summed E-state index contributed by atoms with van der Waals surface area (Å²) >= 11 is 6.53. The second-order valence-electron chi connectivity index (χ2n) is 10.8. The number of carbonyl (C=O) groups excluding carboxylic acids is 2. The van der Waals surface area contributed by atoms with E-state index in [-0.39, 0.29) is 29.5 Å². The van der Waals surface area contributed by atoms with Gasteiger partial charge in [0, 0.05) is 24.5 Å². The average molecular weight is 650 g/mol. The smallest absolute Gasteiger partial charge is 0.264 e. The van der Waals surface area contributed by atoms with Crippen molar-refractivity contribution in [3.8, 4) is 0 Å². The minimum Gasteiger partial charge on any atom is -0.354 e. The summed E-state index contributed by atoms with van der Waals surface area (Å²) in [4.78, 5) is 29.5. The largest absolute Gasteiger partial charge is 0.354 e. The number of hydrogen-bond acceptors (Lipinski definition) is 4. The maximum Gasteiger partial charge on any atom is 0.264 e. The van der Waals surface area contributed by atoms with Crippen molar-refractivity contribution in [2.24, 2.45) is 0 Å². The number of sulfonamides is 1. The number of unbranched alkanes of at least 4 members (excludes halogenated alkanes) is 1. The zero-order chi connectivity index (χ0) is 32.4. The fourth-order valence-corrected chi connectivity index (χ4v) is 6.45. The molecule has 0 aliphatic rings. The van der Waals surface area contributed by atoms with E-state index in [0.717, 1.165) is 52.5 Å². The summed E-state index contributed by atoms with van der Waals surface area (Å²) in [6, 6.07) is 26.5. The third kappa shape index (κ3) is 8.93. The SMILES string of the molecule is CCCCNC(=O)[C@@H](Cc1ccccc1)N(Cc1ccccc1Cl)C(=O)CN(c1ccc(C)cc1)S(=O)(=O)c1ccc(F)cc1. The van der Waals surface area contributed by atoms with Crippen molar-refractivity contribution < 1.29 is 22.4 Å². The summed E-state index contributed by atoms with van der Waals surface area (Å²) in [5.41, 5.74) is 2.59. The standard InChI is InChI=1S/C35H37ClFN3O4S/c1-3-4-22-38-35(42)33(23-27-10-6-5-7-11-27)39(24-28-12-8-9-13-32(28)36)34(41)25-40(30-18-14-26(2)15-19-30)45(43,44)31-20-16-29(37)17-21-31/h5-21,33H,3-4,22-25H2,1-2H3,(H,38,42)/t33-/m1/s1. The van der Waals surface area contributed by atoms with Crippen molar-refractivity contribution in [2.45, 2.75) is 50.6 Å². The lowest BCUT2D eigenvalue weighted by Crippen LogP contribution is -2.53. The van der Waals surface area contributed by atoms with Crippen molar-refractivity contribution in [1.82, 2.24) is 10.2 Å². The molecule has 0 aliphatic carbocycles. The minimum absolute atomic E-state index is 0.0322. The van der Waals surface area contributed by atoms with Crippen LogP contribution < -0.4 is 9.62 Å². The first-order valence-electron chi connectivity index (χ1n) is 14.8. The molecule has 2 amide bonds. The fraction of sp³-hybridized carbons (Fsp3) is 0.257. The van der Waals surface area contributed by atoms with Crippen LogP contribution in [-0.2, 0) is 32.6 Å². The van der Waals surface area contributed by atoms with Crippen molar-refractivity contribution in [3.63, 3.8) is 0 Å². The van der Waals surface area contributed by atoms with E-state index < -0.39 is 34.3 Å². The molecular weight excluding hydrogens is 613 g/mol.